The summed E-state index contributed by atoms with van der Waals surface area (Å²) in [7, 11) is -3.78. The molecule has 0 fully saturated rings. The second-order valence-corrected chi connectivity index (χ2v) is 10.9. The molecule has 0 aromatic heterocycles. The number of hydrogen-bond acceptors (Lipinski definition) is 4. The predicted octanol–water partition coefficient (Wildman–Crippen LogP) is 4.20. The Hall–Kier alpha value is -2.10. The van der Waals surface area contributed by atoms with Gasteiger partial charge < -0.3 is 10.2 Å². The maximum atomic E-state index is 13.4. The van der Waals surface area contributed by atoms with Gasteiger partial charge in [0.05, 0.1) is 11.9 Å². The molecule has 7 nitrogen and oxygen atoms in total. The topological polar surface area (TPSA) is 86.8 Å². The maximum Gasteiger partial charge on any atom is 0.244 e. The first-order valence-electron chi connectivity index (χ1n) is 10.6. The van der Waals surface area contributed by atoms with E-state index in [2.05, 4.69) is 21.2 Å². The molecule has 180 valence electrons. The predicted molar refractivity (Wildman–Crippen MR) is 136 cm³/mol. The molecule has 2 amide bonds. The van der Waals surface area contributed by atoms with Crippen molar-refractivity contribution in [3.8, 4) is 0 Å². The number of halogens is 2. The minimum Gasteiger partial charge on any atom is -0.354 e. The van der Waals surface area contributed by atoms with Crippen molar-refractivity contribution in [1.29, 1.82) is 0 Å². The molecule has 0 aliphatic carbocycles. The number of nitrogens with one attached hydrogen (secondary N) is 1. The second-order valence-electron chi connectivity index (χ2n) is 7.69. The number of rotatable bonds is 11. The number of para-hydroxylation sites is 1. The molecule has 0 heterocycles. The van der Waals surface area contributed by atoms with Gasteiger partial charge in [-0.05, 0) is 59.1 Å². The van der Waals surface area contributed by atoms with Crippen molar-refractivity contribution in [1.82, 2.24) is 10.2 Å². The Bertz CT molecular complexity index is 1080. The Morgan fingerprint density at radius 3 is 2.45 bits per heavy atom. The average Bonchev–Trinajstić information content (AvgIpc) is 2.75. The van der Waals surface area contributed by atoms with Crippen LogP contribution in [0.5, 0.6) is 0 Å². The van der Waals surface area contributed by atoms with E-state index >= 15 is 0 Å². The highest BCUT2D eigenvalue weighted by atomic mass is 79.9. The zero-order valence-corrected chi connectivity index (χ0v) is 22.1. The summed E-state index contributed by atoms with van der Waals surface area (Å²) >= 11 is 9.46. The van der Waals surface area contributed by atoms with Gasteiger partial charge in [0.25, 0.3) is 0 Å². The normalized spacial score (nSPS) is 12.2. The number of carbonyl (C=O) groups is 2. The van der Waals surface area contributed by atoms with Gasteiger partial charge in [0.2, 0.25) is 21.8 Å². The van der Waals surface area contributed by atoms with Crippen LogP contribution in [0.4, 0.5) is 5.69 Å². The number of carbonyl (C=O) groups excluding carboxylic acids is 2. The standard InChI is InChI=1S/C23H29BrClN3O4S/c1-4-5-13-26-23(30)17(2)27(15-18-9-8-10-19(25)14-18)22(29)16-28(33(3,31)32)21-12-7-6-11-20(21)24/h6-12,14,17H,4-5,13,15-16H2,1-3H3,(H,26,30)/t17-/m1/s1. The number of nitrogens with zero attached hydrogens (tertiary/aromatic N) is 2. The van der Waals surface area contributed by atoms with E-state index in [0.717, 1.165) is 29.0 Å². The Morgan fingerprint density at radius 1 is 1.15 bits per heavy atom. The molecular formula is C23H29BrClN3O4S. The molecule has 2 rings (SSSR count). The van der Waals surface area contributed by atoms with Crippen molar-refractivity contribution in [3.63, 3.8) is 0 Å². The van der Waals surface area contributed by atoms with Crippen LogP contribution in [0.25, 0.3) is 0 Å². The van der Waals surface area contributed by atoms with E-state index in [1.54, 1.807) is 55.5 Å². The van der Waals surface area contributed by atoms with Crippen LogP contribution < -0.4 is 9.62 Å². The summed E-state index contributed by atoms with van der Waals surface area (Å²) in [6, 6.07) is 12.9. The van der Waals surface area contributed by atoms with Gasteiger partial charge in [0, 0.05) is 22.6 Å². The highest BCUT2D eigenvalue weighted by Gasteiger charge is 2.30. The van der Waals surface area contributed by atoms with Crippen LogP contribution in [0, 0.1) is 0 Å². The molecular weight excluding hydrogens is 530 g/mol. The fraction of sp³-hybridized carbons (Fsp3) is 0.391. The summed E-state index contributed by atoms with van der Waals surface area (Å²) in [4.78, 5) is 27.6. The highest BCUT2D eigenvalue weighted by Crippen LogP contribution is 2.28. The maximum absolute atomic E-state index is 13.4. The summed E-state index contributed by atoms with van der Waals surface area (Å²) in [5, 5.41) is 3.35. The largest absolute Gasteiger partial charge is 0.354 e. The van der Waals surface area contributed by atoms with Gasteiger partial charge in [-0.25, -0.2) is 8.42 Å². The molecule has 0 bridgehead atoms. The van der Waals surface area contributed by atoms with Gasteiger partial charge in [0.1, 0.15) is 12.6 Å². The molecule has 1 atom stereocenters. The molecule has 0 unspecified atom stereocenters. The lowest BCUT2D eigenvalue weighted by Gasteiger charge is -2.31. The van der Waals surface area contributed by atoms with Crippen LogP contribution in [-0.4, -0.2) is 50.5 Å². The summed E-state index contributed by atoms with van der Waals surface area (Å²) in [6.07, 6.45) is 2.79. The molecule has 0 aliphatic heterocycles. The van der Waals surface area contributed by atoms with E-state index in [-0.39, 0.29) is 12.5 Å². The fourth-order valence-electron chi connectivity index (χ4n) is 3.20. The third kappa shape index (κ3) is 8.01. The van der Waals surface area contributed by atoms with Crippen LogP contribution >= 0.6 is 27.5 Å². The first kappa shape index (κ1) is 27.1. The van der Waals surface area contributed by atoms with Gasteiger partial charge in [-0.1, -0.05) is 49.2 Å². The molecule has 2 aromatic carbocycles. The van der Waals surface area contributed by atoms with Gasteiger partial charge in [0.15, 0.2) is 0 Å². The molecule has 10 heteroatoms. The average molecular weight is 559 g/mol. The minimum atomic E-state index is -3.78. The molecule has 0 aliphatic rings. The number of amides is 2. The van der Waals surface area contributed by atoms with E-state index in [9.17, 15) is 18.0 Å². The van der Waals surface area contributed by atoms with E-state index in [1.165, 1.54) is 4.90 Å². The molecule has 0 saturated heterocycles. The van der Waals surface area contributed by atoms with Crippen LogP contribution in [0.1, 0.15) is 32.3 Å². The summed E-state index contributed by atoms with van der Waals surface area (Å²) in [5.74, 6) is -0.806. The molecule has 0 radical (unpaired) electrons. The lowest BCUT2D eigenvalue weighted by molar-refractivity contribution is -0.139. The molecule has 0 saturated carbocycles. The van der Waals surface area contributed by atoms with Crippen molar-refractivity contribution in [2.45, 2.75) is 39.3 Å². The van der Waals surface area contributed by atoms with Gasteiger partial charge in [-0.15, -0.1) is 0 Å². The highest BCUT2D eigenvalue weighted by molar-refractivity contribution is 9.10. The Labute approximate surface area is 209 Å². The number of anilines is 1. The van der Waals surface area contributed by atoms with E-state index < -0.39 is 28.5 Å². The van der Waals surface area contributed by atoms with Crippen molar-refractivity contribution in [2.24, 2.45) is 0 Å². The Morgan fingerprint density at radius 2 is 1.85 bits per heavy atom. The third-order valence-corrected chi connectivity index (χ3v) is 7.07. The van der Waals surface area contributed by atoms with E-state index in [0.29, 0.717) is 21.7 Å². The SMILES string of the molecule is CCCCNC(=O)[C@@H](C)N(Cc1cccc(Cl)c1)C(=O)CN(c1ccccc1Br)S(C)(=O)=O. The van der Waals surface area contributed by atoms with Gasteiger partial charge in [-0.2, -0.15) is 0 Å². The number of unbranched alkanes of at least 4 members (excludes halogenated alkanes) is 1. The quantitative estimate of drug-likeness (QED) is 0.419. The Kier molecular flexibility index (Phi) is 10.2. The number of hydrogen-bond donors (Lipinski definition) is 1. The molecule has 0 spiro atoms. The van der Waals surface area contributed by atoms with Crippen molar-refractivity contribution < 1.29 is 18.0 Å². The van der Waals surface area contributed by atoms with E-state index in [4.69, 9.17) is 11.6 Å². The van der Waals surface area contributed by atoms with Gasteiger partial charge >= 0.3 is 0 Å². The molecule has 33 heavy (non-hydrogen) atoms. The first-order valence-corrected chi connectivity index (χ1v) is 13.6. The lowest BCUT2D eigenvalue weighted by Crippen LogP contribution is -2.51. The van der Waals surface area contributed by atoms with Crippen molar-refractivity contribution in [2.75, 3.05) is 23.7 Å². The van der Waals surface area contributed by atoms with Crippen molar-refractivity contribution >= 4 is 55.1 Å². The van der Waals surface area contributed by atoms with Crippen LogP contribution in [0.15, 0.2) is 53.0 Å². The summed E-state index contributed by atoms with van der Waals surface area (Å²) in [5.41, 5.74) is 1.08. The molecule has 2 aromatic rings. The minimum absolute atomic E-state index is 0.106. The van der Waals surface area contributed by atoms with E-state index in [1.807, 2.05) is 6.92 Å². The van der Waals surface area contributed by atoms with Crippen molar-refractivity contribution in [3.05, 3.63) is 63.6 Å². The van der Waals surface area contributed by atoms with Crippen LogP contribution in [-0.2, 0) is 26.2 Å². The van der Waals surface area contributed by atoms with Gasteiger partial charge in [-0.3, -0.25) is 13.9 Å². The smallest absolute Gasteiger partial charge is 0.244 e. The molecule has 1 N–H and O–H groups in total. The Balaban J connectivity index is 2.36. The zero-order valence-electron chi connectivity index (χ0n) is 18.9. The van der Waals surface area contributed by atoms with Crippen LogP contribution in [0.3, 0.4) is 0 Å². The summed E-state index contributed by atoms with van der Waals surface area (Å²) in [6.45, 7) is 3.81. The monoisotopic (exact) mass is 557 g/mol. The second kappa shape index (κ2) is 12.4. The van der Waals surface area contributed by atoms with Crippen LogP contribution in [0.2, 0.25) is 5.02 Å². The lowest BCUT2D eigenvalue weighted by atomic mass is 10.1. The summed E-state index contributed by atoms with van der Waals surface area (Å²) < 4.78 is 26.7. The number of sulfonamides is 1. The first-order chi connectivity index (χ1) is 15.5. The number of benzene rings is 2. The fourth-order valence-corrected chi connectivity index (χ4v) is 4.89. The third-order valence-electron chi connectivity index (χ3n) is 5.04. The zero-order chi connectivity index (χ0) is 24.6.